The number of para-hydroxylation sites is 1. The highest BCUT2D eigenvalue weighted by atomic mass is 32.2. The van der Waals surface area contributed by atoms with Crippen LogP contribution in [0.15, 0.2) is 24.3 Å². The third kappa shape index (κ3) is 4.20. The van der Waals surface area contributed by atoms with E-state index in [1.807, 2.05) is 0 Å². The first-order valence-corrected chi connectivity index (χ1v) is 8.61. The Labute approximate surface area is 125 Å². The van der Waals surface area contributed by atoms with E-state index in [1.165, 1.54) is 14.2 Å². The molecule has 116 valence electrons. The Morgan fingerprint density at radius 3 is 2.48 bits per heavy atom. The number of carbonyl (C=O) groups is 1. The van der Waals surface area contributed by atoms with Gasteiger partial charge in [-0.15, -0.1) is 0 Å². The van der Waals surface area contributed by atoms with Crippen molar-refractivity contribution in [2.24, 2.45) is 5.41 Å². The Bertz CT molecular complexity index is 617. The number of hydrogen-bond donors (Lipinski definition) is 0. The summed E-state index contributed by atoms with van der Waals surface area (Å²) in [4.78, 5) is 11.4. The van der Waals surface area contributed by atoms with Crippen LogP contribution < -0.4 is 4.74 Å². The van der Waals surface area contributed by atoms with E-state index in [2.05, 4.69) is 4.74 Å². The molecule has 0 aliphatic heterocycles. The molecular formula is C15H20O5S. The van der Waals surface area contributed by atoms with Crippen LogP contribution in [0.5, 0.6) is 5.75 Å². The lowest BCUT2D eigenvalue weighted by atomic mass is 10.1. The fraction of sp³-hybridized carbons (Fsp3) is 0.533. The Hall–Kier alpha value is -1.56. The van der Waals surface area contributed by atoms with Crippen LogP contribution >= 0.6 is 0 Å². The molecule has 0 saturated heterocycles. The quantitative estimate of drug-likeness (QED) is 0.720. The molecule has 6 heteroatoms. The summed E-state index contributed by atoms with van der Waals surface area (Å²) in [5.41, 5.74) is 0.224. The molecule has 1 aliphatic rings. The summed E-state index contributed by atoms with van der Waals surface area (Å²) >= 11 is 0. The largest absolute Gasteiger partial charge is 0.496 e. The van der Waals surface area contributed by atoms with Crippen LogP contribution in [0.3, 0.4) is 0 Å². The van der Waals surface area contributed by atoms with E-state index in [-0.39, 0.29) is 23.9 Å². The normalized spacial score (nSPS) is 16.3. The molecule has 0 aromatic heterocycles. The predicted octanol–water partition coefficient (Wildman–Crippen LogP) is 1.95. The Balaban J connectivity index is 2.07. The second-order valence-electron chi connectivity index (χ2n) is 5.60. The molecular weight excluding hydrogens is 292 g/mol. The van der Waals surface area contributed by atoms with Gasteiger partial charge in [-0.3, -0.25) is 4.79 Å². The van der Waals surface area contributed by atoms with Gasteiger partial charge in [0.15, 0.2) is 9.84 Å². The number of benzene rings is 1. The monoisotopic (exact) mass is 312 g/mol. The van der Waals surface area contributed by atoms with Crippen molar-refractivity contribution in [2.45, 2.75) is 25.0 Å². The summed E-state index contributed by atoms with van der Waals surface area (Å²) in [6.07, 6.45) is 1.69. The van der Waals surface area contributed by atoms with Gasteiger partial charge in [0.05, 0.1) is 32.1 Å². The lowest BCUT2D eigenvalue weighted by molar-refractivity contribution is -0.141. The van der Waals surface area contributed by atoms with Gasteiger partial charge in [-0.2, -0.15) is 0 Å². The number of methoxy groups -OCH3 is 2. The number of hydrogen-bond acceptors (Lipinski definition) is 5. The first-order valence-electron chi connectivity index (χ1n) is 6.79. The van der Waals surface area contributed by atoms with Crippen LogP contribution in [0.2, 0.25) is 0 Å². The van der Waals surface area contributed by atoms with Crippen LogP contribution in [-0.4, -0.2) is 34.4 Å². The van der Waals surface area contributed by atoms with E-state index in [4.69, 9.17) is 4.74 Å². The number of esters is 1. The van der Waals surface area contributed by atoms with Crippen LogP contribution in [0.4, 0.5) is 0 Å². The average Bonchev–Trinajstić information content (AvgIpc) is 3.17. The molecule has 0 radical (unpaired) electrons. The molecule has 1 aromatic rings. The van der Waals surface area contributed by atoms with Crippen LogP contribution in [-0.2, 0) is 25.1 Å². The Morgan fingerprint density at radius 2 is 1.90 bits per heavy atom. The number of ether oxygens (including phenoxy) is 2. The van der Waals surface area contributed by atoms with E-state index in [0.717, 1.165) is 12.8 Å². The van der Waals surface area contributed by atoms with Gasteiger partial charge in [0.1, 0.15) is 5.75 Å². The van der Waals surface area contributed by atoms with Crippen molar-refractivity contribution in [1.29, 1.82) is 0 Å². The third-order valence-electron chi connectivity index (χ3n) is 3.80. The molecule has 0 atom stereocenters. The third-order valence-corrected chi connectivity index (χ3v) is 5.60. The van der Waals surface area contributed by atoms with Crippen molar-refractivity contribution in [1.82, 2.24) is 0 Å². The number of carbonyl (C=O) groups excluding carboxylic acids is 1. The SMILES string of the molecule is COC(=O)CC1(CS(=O)(=O)Cc2ccccc2OC)CC1. The average molecular weight is 312 g/mol. The maximum Gasteiger partial charge on any atom is 0.306 e. The summed E-state index contributed by atoms with van der Waals surface area (Å²) in [5.74, 6) is 0.173. The molecule has 0 amide bonds. The minimum absolute atomic E-state index is 0.0210. The molecule has 0 N–H and O–H groups in total. The van der Waals surface area contributed by atoms with Crippen LogP contribution in [0.25, 0.3) is 0 Å². The van der Waals surface area contributed by atoms with E-state index in [0.29, 0.717) is 11.3 Å². The zero-order chi connectivity index (χ0) is 15.5. The maximum absolute atomic E-state index is 12.4. The minimum atomic E-state index is -3.30. The van der Waals surface area contributed by atoms with Gasteiger partial charge in [-0.05, 0) is 24.3 Å². The summed E-state index contributed by atoms with van der Waals surface area (Å²) in [6, 6.07) is 7.08. The number of sulfone groups is 1. The highest BCUT2D eigenvalue weighted by Crippen LogP contribution is 2.50. The van der Waals surface area contributed by atoms with Gasteiger partial charge >= 0.3 is 5.97 Å². The second-order valence-corrected chi connectivity index (χ2v) is 7.66. The molecule has 2 rings (SSSR count). The lowest BCUT2D eigenvalue weighted by Crippen LogP contribution is -2.22. The summed E-state index contributed by atoms with van der Waals surface area (Å²) in [5, 5.41) is 0. The standard InChI is InChI=1S/C15H20O5S/c1-19-13-6-4-3-5-12(13)10-21(17,18)11-15(7-8-15)9-14(16)20-2/h3-6H,7-11H2,1-2H3. The molecule has 21 heavy (non-hydrogen) atoms. The van der Waals surface area contributed by atoms with Crippen molar-refractivity contribution in [3.05, 3.63) is 29.8 Å². The highest BCUT2D eigenvalue weighted by Gasteiger charge is 2.47. The Morgan fingerprint density at radius 1 is 1.24 bits per heavy atom. The summed E-state index contributed by atoms with van der Waals surface area (Å²) < 4.78 is 34.6. The fourth-order valence-corrected chi connectivity index (χ4v) is 4.64. The van der Waals surface area contributed by atoms with Gasteiger partial charge in [-0.25, -0.2) is 8.42 Å². The van der Waals surface area contributed by atoms with Crippen molar-refractivity contribution in [3.8, 4) is 5.75 Å². The zero-order valence-corrected chi connectivity index (χ0v) is 13.1. The van der Waals surface area contributed by atoms with Crippen molar-refractivity contribution in [2.75, 3.05) is 20.0 Å². The molecule has 1 saturated carbocycles. The van der Waals surface area contributed by atoms with E-state index in [9.17, 15) is 13.2 Å². The van der Waals surface area contributed by atoms with Gasteiger partial charge < -0.3 is 9.47 Å². The zero-order valence-electron chi connectivity index (χ0n) is 12.3. The topological polar surface area (TPSA) is 69.7 Å². The van der Waals surface area contributed by atoms with Gasteiger partial charge in [-0.1, -0.05) is 18.2 Å². The fourth-order valence-electron chi connectivity index (χ4n) is 2.50. The summed E-state index contributed by atoms with van der Waals surface area (Å²) in [7, 11) is -0.464. The van der Waals surface area contributed by atoms with E-state index < -0.39 is 15.3 Å². The molecule has 0 unspecified atom stereocenters. The molecule has 0 heterocycles. The minimum Gasteiger partial charge on any atom is -0.496 e. The molecule has 5 nitrogen and oxygen atoms in total. The predicted molar refractivity (Wildman–Crippen MR) is 78.8 cm³/mol. The van der Waals surface area contributed by atoms with Gasteiger partial charge in [0.25, 0.3) is 0 Å². The lowest BCUT2D eigenvalue weighted by Gasteiger charge is -2.15. The van der Waals surface area contributed by atoms with Crippen molar-refractivity contribution in [3.63, 3.8) is 0 Å². The molecule has 0 spiro atoms. The van der Waals surface area contributed by atoms with Gasteiger partial charge in [0, 0.05) is 5.56 Å². The number of rotatable bonds is 7. The molecule has 1 fully saturated rings. The van der Waals surface area contributed by atoms with Crippen molar-refractivity contribution < 1.29 is 22.7 Å². The second kappa shape index (κ2) is 6.05. The molecule has 0 bridgehead atoms. The highest BCUT2D eigenvalue weighted by molar-refractivity contribution is 7.90. The van der Waals surface area contributed by atoms with Crippen molar-refractivity contribution >= 4 is 15.8 Å². The maximum atomic E-state index is 12.4. The smallest absolute Gasteiger partial charge is 0.306 e. The Kier molecular flexibility index (Phi) is 4.56. The molecule has 1 aromatic carbocycles. The first-order chi connectivity index (χ1) is 9.90. The van der Waals surface area contributed by atoms with Crippen LogP contribution in [0, 0.1) is 5.41 Å². The van der Waals surface area contributed by atoms with Crippen LogP contribution in [0.1, 0.15) is 24.8 Å². The first kappa shape index (κ1) is 15.8. The molecule has 1 aliphatic carbocycles. The van der Waals surface area contributed by atoms with E-state index >= 15 is 0 Å². The van der Waals surface area contributed by atoms with E-state index in [1.54, 1.807) is 24.3 Å². The van der Waals surface area contributed by atoms with Gasteiger partial charge in [0.2, 0.25) is 0 Å². The summed E-state index contributed by atoms with van der Waals surface area (Å²) in [6.45, 7) is 0.